The number of fused-ring (bicyclic) bond motifs is 1. The number of aromatic nitrogens is 2. The SMILES string of the molecule is CCc1ccc([C@H]2C(C#N)=C(N)Oc3n[nH]c(COC)c32)cc1. The molecule has 0 saturated carbocycles. The second-order valence-corrected chi connectivity index (χ2v) is 5.37. The van der Waals surface area contributed by atoms with Gasteiger partial charge in [-0.3, -0.25) is 5.10 Å². The van der Waals surface area contributed by atoms with Gasteiger partial charge in [0.25, 0.3) is 0 Å². The lowest BCUT2D eigenvalue weighted by Crippen LogP contribution is -2.21. The lowest BCUT2D eigenvalue weighted by atomic mass is 9.83. The molecule has 3 N–H and O–H groups in total. The molecular formula is C17H18N4O2. The maximum Gasteiger partial charge on any atom is 0.244 e. The molecule has 2 heterocycles. The van der Waals surface area contributed by atoms with E-state index in [1.807, 2.05) is 12.1 Å². The van der Waals surface area contributed by atoms with Crippen molar-refractivity contribution in [3.05, 3.63) is 58.1 Å². The Morgan fingerprint density at radius 1 is 1.39 bits per heavy atom. The molecule has 6 nitrogen and oxygen atoms in total. The van der Waals surface area contributed by atoms with Crippen molar-refractivity contribution >= 4 is 0 Å². The van der Waals surface area contributed by atoms with Gasteiger partial charge in [-0.05, 0) is 17.5 Å². The molecule has 1 aromatic carbocycles. The zero-order valence-electron chi connectivity index (χ0n) is 13.1. The van der Waals surface area contributed by atoms with Crippen LogP contribution in [0, 0.1) is 11.3 Å². The Kier molecular flexibility index (Phi) is 4.04. The summed E-state index contributed by atoms with van der Waals surface area (Å²) in [5, 5.41) is 16.6. The van der Waals surface area contributed by atoms with Crippen LogP contribution in [-0.4, -0.2) is 17.3 Å². The molecule has 118 valence electrons. The number of ether oxygens (including phenoxy) is 2. The number of benzene rings is 1. The van der Waals surface area contributed by atoms with Crippen LogP contribution < -0.4 is 10.5 Å². The van der Waals surface area contributed by atoms with E-state index in [1.54, 1.807) is 7.11 Å². The molecule has 1 aliphatic rings. The van der Waals surface area contributed by atoms with Gasteiger partial charge in [0.2, 0.25) is 11.8 Å². The van der Waals surface area contributed by atoms with Crippen LogP contribution >= 0.6 is 0 Å². The zero-order chi connectivity index (χ0) is 16.4. The van der Waals surface area contributed by atoms with Crippen molar-refractivity contribution in [3.63, 3.8) is 0 Å². The van der Waals surface area contributed by atoms with Gasteiger partial charge in [-0.1, -0.05) is 31.2 Å². The smallest absolute Gasteiger partial charge is 0.244 e. The largest absolute Gasteiger partial charge is 0.420 e. The predicted octanol–water partition coefficient (Wildman–Crippen LogP) is 2.34. The van der Waals surface area contributed by atoms with Crippen molar-refractivity contribution in [1.82, 2.24) is 10.2 Å². The highest BCUT2D eigenvalue weighted by Gasteiger charge is 2.35. The quantitative estimate of drug-likeness (QED) is 0.903. The van der Waals surface area contributed by atoms with E-state index in [4.69, 9.17) is 15.2 Å². The predicted molar refractivity (Wildman–Crippen MR) is 84.4 cm³/mol. The Bertz CT molecular complexity index is 784. The number of nitrogens with one attached hydrogen (secondary N) is 1. The van der Waals surface area contributed by atoms with Crippen molar-refractivity contribution in [3.8, 4) is 11.9 Å². The summed E-state index contributed by atoms with van der Waals surface area (Å²) in [5.74, 6) is 0.191. The van der Waals surface area contributed by atoms with E-state index in [0.29, 0.717) is 18.1 Å². The fraction of sp³-hybridized carbons (Fsp3) is 0.294. The molecule has 1 atom stereocenters. The number of methoxy groups -OCH3 is 1. The molecule has 0 spiro atoms. The van der Waals surface area contributed by atoms with E-state index < -0.39 is 0 Å². The third-order valence-electron chi connectivity index (χ3n) is 4.03. The van der Waals surface area contributed by atoms with E-state index in [0.717, 1.165) is 23.2 Å². The molecule has 6 heteroatoms. The van der Waals surface area contributed by atoms with Crippen LogP contribution in [-0.2, 0) is 17.8 Å². The number of aryl methyl sites for hydroxylation is 1. The number of H-pyrrole nitrogens is 1. The highest BCUT2D eigenvalue weighted by Crippen LogP contribution is 2.42. The number of nitrogens with two attached hydrogens (primary N) is 1. The number of nitriles is 1. The highest BCUT2D eigenvalue weighted by molar-refractivity contribution is 5.55. The number of rotatable bonds is 4. The minimum Gasteiger partial charge on any atom is -0.420 e. The van der Waals surface area contributed by atoms with E-state index >= 15 is 0 Å². The third kappa shape index (κ3) is 2.56. The summed E-state index contributed by atoms with van der Waals surface area (Å²) in [6.45, 7) is 2.46. The van der Waals surface area contributed by atoms with Crippen molar-refractivity contribution < 1.29 is 9.47 Å². The monoisotopic (exact) mass is 310 g/mol. The molecular weight excluding hydrogens is 292 g/mol. The molecule has 1 aromatic heterocycles. The Hall–Kier alpha value is -2.78. The Morgan fingerprint density at radius 3 is 2.74 bits per heavy atom. The number of aromatic amines is 1. The molecule has 0 saturated heterocycles. The van der Waals surface area contributed by atoms with Crippen molar-refractivity contribution in [1.29, 1.82) is 5.26 Å². The summed E-state index contributed by atoms with van der Waals surface area (Å²) in [7, 11) is 1.61. The normalized spacial score (nSPS) is 16.7. The molecule has 3 rings (SSSR count). The first-order valence-corrected chi connectivity index (χ1v) is 7.42. The molecule has 1 aliphatic heterocycles. The number of hydrogen-bond donors (Lipinski definition) is 2. The van der Waals surface area contributed by atoms with Gasteiger partial charge in [0.1, 0.15) is 11.6 Å². The average Bonchev–Trinajstić information content (AvgIpc) is 2.96. The number of hydrogen-bond acceptors (Lipinski definition) is 5. The topological polar surface area (TPSA) is 97.0 Å². The molecule has 2 aromatic rings. The van der Waals surface area contributed by atoms with Crippen LogP contribution in [0.3, 0.4) is 0 Å². The standard InChI is InChI=1S/C17H18N4O2/c1-3-10-4-6-11(7-5-10)14-12(8-18)16(19)23-17-15(14)13(9-22-2)20-21-17/h4-7,14H,3,9,19H2,1-2H3,(H,20,21)/t14-/m0/s1. The van der Waals surface area contributed by atoms with E-state index in [1.165, 1.54) is 5.56 Å². The summed E-state index contributed by atoms with van der Waals surface area (Å²) >= 11 is 0. The summed E-state index contributed by atoms with van der Waals surface area (Å²) in [4.78, 5) is 0. The molecule has 23 heavy (non-hydrogen) atoms. The summed E-state index contributed by atoms with van der Waals surface area (Å²) < 4.78 is 10.7. The van der Waals surface area contributed by atoms with Crippen LogP contribution in [0.15, 0.2) is 35.7 Å². The Labute approximate surface area is 134 Å². The van der Waals surface area contributed by atoms with Gasteiger partial charge in [-0.15, -0.1) is 5.10 Å². The van der Waals surface area contributed by atoms with Crippen molar-refractivity contribution in [2.24, 2.45) is 5.73 Å². The van der Waals surface area contributed by atoms with E-state index in [-0.39, 0.29) is 11.8 Å². The van der Waals surface area contributed by atoms with Crippen molar-refractivity contribution in [2.75, 3.05) is 7.11 Å². The second-order valence-electron chi connectivity index (χ2n) is 5.37. The summed E-state index contributed by atoms with van der Waals surface area (Å²) in [6.07, 6.45) is 0.961. The van der Waals surface area contributed by atoms with Crippen LogP contribution in [0.25, 0.3) is 0 Å². The van der Waals surface area contributed by atoms with Crippen LogP contribution in [0.5, 0.6) is 5.88 Å². The molecule has 0 unspecified atom stereocenters. The van der Waals surface area contributed by atoms with Gasteiger partial charge in [0.05, 0.1) is 23.8 Å². The maximum atomic E-state index is 9.55. The van der Waals surface area contributed by atoms with Crippen molar-refractivity contribution in [2.45, 2.75) is 25.9 Å². The third-order valence-corrected chi connectivity index (χ3v) is 4.03. The first-order valence-electron chi connectivity index (χ1n) is 7.42. The minimum absolute atomic E-state index is 0.0973. The molecule has 0 bridgehead atoms. The maximum absolute atomic E-state index is 9.55. The number of nitrogens with zero attached hydrogens (tertiary/aromatic N) is 2. The lowest BCUT2D eigenvalue weighted by Gasteiger charge is -2.24. The molecule has 0 radical (unpaired) electrons. The average molecular weight is 310 g/mol. The lowest BCUT2D eigenvalue weighted by molar-refractivity contribution is 0.180. The van der Waals surface area contributed by atoms with E-state index in [9.17, 15) is 5.26 Å². The zero-order valence-corrected chi connectivity index (χ0v) is 13.1. The molecule has 0 amide bonds. The van der Waals surface area contributed by atoms with Gasteiger partial charge in [0, 0.05) is 7.11 Å². The summed E-state index contributed by atoms with van der Waals surface area (Å²) in [5.41, 5.74) is 10.1. The number of allylic oxidation sites excluding steroid dienone is 1. The summed E-state index contributed by atoms with van der Waals surface area (Å²) in [6, 6.07) is 10.3. The van der Waals surface area contributed by atoms with Gasteiger partial charge < -0.3 is 15.2 Å². The Morgan fingerprint density at radius 2 is 2.13 bits per heavy atom. The fourth-order valence-corrected chi connectivity index (χ4v) is 2.84. The van der Waals surface area contributed by atoms with Crippen LogP contribution in [0.2, 0.25) is 0 Å². The highest BCUT2D eigenvalue weighted by atomic mass is 16.5. The minimum atomic E-state index is -0.307. The molecule has 0 aliphatic carbocycles. The van der Waals surface area contributed by atoms with Gasteiger partial charge in [-0.2, -0.15) is 5.26 Å². The van der Waals surface area contributed by atoms with Crippen LogP contribution in [0.4, 0.5) is 0 Å². The van der Waals surface area contributed by atoms with Crippen LogP contribution in [0.1, 0.15) is 35.2 Å². The second kappa shape index (κ2) is 6.15. The van der Waals surface area contributed by atoms with E-state index in [2.05, 4.69) is 35.3 Å². The fourth-order valence-electron chi connectivity index (χ4n) is 2.84. The molecule has 0 fully saturated rings. The van der Waals surface area contributed by atoms with Gasteiger partial charge in [-0.25, -0.2) is 0 Å². The van der Waals surface area contributed by atoms with Gasteiger partial charge in [0.15, 0.2) is 0 Å². The first kappa shape index (κ1) is 15.1. The van der Waals surface area contributed by atoms with Gasteiger partial charge >= 0.3 is 0 Å². The Balaban J connectivity index is 2.15. The first-order chi connectivity index (χ1) is 11.2.